The minimum atomic E-state index is -0.0384. The zero-order chi connectivity index (χ0) is 37.6. The Morgan fingerprint density at radius 1 is 0.375 bits per heavy atom. The summed E-state index contributed by atoms with van der Waals surface area (Å²) in [5, 5.41) is 2.51. The van der Waals surface area contributed by atoms with Gasteiger partial charge in [0, 0.05) is 56.0 Å². The molecule has 0 atom stereocenters. The molecule has 0 N–H and O–H groups in total. The smallest absolute Gasteiger partial charge is 0.0561 e. The maximum atomic E-state index is 2.53. The summed E-state index contributed by atoms with van der Waals surface area (Å²) in [7, 11) is 0. The summed E-state index contributed by atoms with van der Waals surface area (Å²) in [5.74, 6) is 0. The van der Waals surface area contributed by atoms with Gasteiger partial charge in [0.05, 0.1) is 11.0 Å². The van der Waals surface area contributed by atoms with Crippen LogP contribution in [0.1, 0.15) is 37.8 Å². The molecule has 270 valence electrons. The molecule has 0 spiro atoms. The SMILES string of the molecule is CCC1(CC)c2ccccc2-c2cc3c4ccc(N(c5ccccc5)c5ccccc5)cc4n(-c4cccc(N(c5ccccc5)c5ccccc5)c4)c3cc21. The predicted octanol–water partition coefficient (Wildman–Crippen LogP) is 14.8. The van der Waals surface area contributed by atoms with Crippen LogP contribution in [-0.2, 0) is 5.41 Å². The largest absolute Gasteiger partial charge is 0.310 e. The van der Waals surface area contributed by atoms with Crippen molar-refractivity contribution in [2.24, 2.45) is 0 Å². The Morgan fingerprint density at radius 3 is 1.41 bits per heavy atom. The fraction of sp³-hybridized carbons (Fsp3) is 0.0943. The van der Waals surface area contributed by atoms with Crippen LogP contribution in [0, 0.1) is 0 Å². The normalized spacial score (nSPS) is 12.8. The molecule has 1 aliphatic carbocycles. The van der Waals surface area contributed by atoms with Crippen molar-refractivity contribution in [1.82, 2.24) is 4.57 Å². The average molecular weight is 722 g/mol. The molecule has 3 nitrogen and oxygen atoms in total. The standard InChI is InChI=1S/C53H43N3/c1-3-53(4-2)49-31-18-17-30-45(49)47-36-48-46-33-32-44(55(40-24-13-7-14-25-40)41-26-15-8-16-27-41)35-51(46)56(52(48)37-50(47)53)43-29-19-28-42(34-43)54(38-20-9-5-10-21-38)39-22-11-6-12-23-39/h5-37H,3-4H2,1-2H3. The molecular weight excluding hydrogens is 679 g/mol. The zero-order valence-corrected chi connectivity index (χ0v) is 31.8. The quantitative estimate of drug-likeness (QED) is 0.147. The van der Waals surface area contributed by atoms with E-state index >= 15 is 0 Å². The molecule has 0 saturated heterocycles. The topological polar surface area (TPSA) is 11.4 Å². The highest BCUT2D eigenvalue weighted by atomic mass is 15.2. The lowest BCUT2D eigenvalue weighted by atomic mass is 9.74. The van der Waals surface area contributed by atoms with E-state index in [1.54, 1.807) is 0 Å². The Labute approximate surface area is 329 Å². The predicted molar refractivity (Wildman–Crippen MR) is 237 cm³/mol. The number of nitrogens with zero attached hydrogens (tertiary/aromatic N) is 3. The van der Waals surface area contributed by atoms with Crippen molar-refractivity contribution in [2.45, 2.75) is 32.1 Å². The maximum Gasteiger partial charge on any atom is 0.0561 e. The zero-order valence-electron chi connectivity index (χ0n) is 31.8. The Kier molecular flexibility index (Phi) is 8.30. The van der Waals surface area contributed by atoms with Gasteiger partial charge < -0.3 is 14.4 Å². The summed E-state index contributed by atoms with van der Waals surface area (Å²) in [5.41, 5.74) is 15.8. The summed E-state index contributed by atoms with van der Waals surface area (Å²) in [6.07, 6.45) is 2.09. The van der Waals surface area contributed by atoms with E-state index in [2.05, 4.69) is 228 Å². The van der Waals surface area contributed by atoms with Crippen molar-refractivity contribution in [3.8, 4) is 16.8 Å². The van der Waals surface area contributed by atoms with Gasteiger partial charge in [-0.1, -0.05) is 123 Å². The highest BCUT2D eigenvalue weighted by Gasteiger charge is 2.41. The van der Waals surface area contributed by atoms with E-state index in [-0.39, 0.29) is 5.41 Å². The van der Waals surface area contributed by atoms with Crippen LogP contribution in [0.4, 0.5) is 34.1 Å². The lowest BCUT2D eigenvalue weighted by Crippen LogP contribution is -2.23. The molecule has 0 radical (unpaired) electrons. The van der Waals surface area contributed by atoms with Crippen molar-refractivity contribution in [1.29, 1.82) is 0 Å². The van der Waals surface area contributed by atoms with Gasteiger partial charge in [-0.2, -0.15) is 0 Å². The molecule has 0 fully saturated rings. The van der Waals surface area contributed by atoms with E-state index in [1.807, 2.05) is 0 Å². The third-order valence-electron chi connectivity index (χ3n) is 12.0. The summed E-state index contributed by atoms with van der Waals surface area (Å²) < 4.78 is 2.51. The lowest BCUT2D eigenvalue weighted by Gasteiger charge is -2.29. The third-order valence-corrected chi connectivity index (χ3v) is 12.0. The first kappa shape index (κ1) is 33.7. The Balaban J connectivity index is 1.26. The summed E-state index contributed by atoms with van der Waals surface area (Å²) in [6, 6.07) is 72.9. The van der Waals surface area contributed by atoms with Gasteiger partial charge in [-0.05, 0) is 126 Å². The van der Waals surface area contributed by atoms with Crippen molar-refractivity contribution >= 4 is 55.9 Å². The molecular formula is C53H43N3. The molecule has 8 aromatic carbocycles. The van der Waals surface area contributed by atoms with Crippen molar-refractivity contribution in [3.05, 3.63) is 211 Å². The van der Waals surface area contributed by atoms with Gasteiger partial charge in [-0.25, -0.2) is 0 Å². The number of hydrogen-bond donors (Lipinski definition) is 0. The lowest BCUT2D eigenvalue weighted by molar-refractivity contribution is 0.491. The summed E-state index contributed by atoms with van der Waals surface area (Å²) in [6.45, 7) is 4.71. The summed E-state index contributed by atoms with van der Waals surface area (Å²) in [4.78, 5) is 4.71. The molecule has 3 heteroatoms. The first-order valence-electron chi connectivity index (χ1n) is 19.8. The second-order valence-electron chi connectivity index (χ2n) is 14.8. The number of hydrogen-bond acceptors (Lipinski definition) is 2. The molecule has 1 aliphatic rings. The molecule has 0 unspecified atom stereocenters. The molecule has 56 heavy (non-hydrogen) atoms. The van der Waals surface area contributed by atoms with E-state index in [4.69, 9.17) is 0 Å². The second kappa shape index (κ2) is 13.8. The molecule has 1 heterocycles. The summed E-state index contributed by atoms with van der Waals surface area (Å²) >= 11 is 0. The van der Waals surface area contributed by atoms with Gasteiger partial charge >= 0.3 is 0 Å². The van der Waals surface area contributed by atoms with Crippen LogP contribution in [0.15, 0.2) is 200 Å². The van der Waals surface area contributed by atoms with Crippen LogP contribution < -0.4 is 9.80 Å². The van der Waals surface area contributed by atoms with E-state index in [9.17, 15) is 0 Å². The van der Waals surface area contributed by atoms with Crippen LogP contribution in [0.5, 0.6) is 0 Å². The Bertz CT molecular complexity index is 2740. The van der Waals surface area contributed by atoms with Gasteiger partial charge in [0.25, 0.3) is 0 Å². The highest BCUT2D eigenvalue weighted by Crippen LogP contribution is 2.54. The van der Waals surface area contributed by atoms with Gasteiger partial charge in [-0.15, -0.1) is 0 Å². The van der Waals surface area contributed by atoms with Crippen LogP contribution in [-0.4, -0.2) is 4.57 Å². The molecule has 0 amide bonds. The van der Waals surface area contributed by atoms with Crippen LogP contribution in [0.25, 0.3) is 38.6 Å². The van der Waals surface area contributed by atoms with Crippen molar-refractivity contribution in [2.75, 3.05) is 9.80 Å². The molecule has 0 aliphatic heterocycles. The van der Waals surface area contributed by atoms with Gasteiger partial charge in [0.1, 0.15) is 0 Å². The van der Waals surface area contributed by atoms with Crippen LogP contribution in [0.3, 0.4) is 0 Å². The number of benzene rings is 8. The third kappa shape index (κ3) is 5.34. The van der Waals surface area contributed by atoms with E-state index in [0.29, 0.717) is 0 Å². The van der Waals surface area contributed by atoms with Crippen LogP contribution in [0.2, 0.25) is 0 Å². The van der Waals surface area contributed by atoms with Gasteiger partial charge in [0.2, 0.25) is 0 Å². The molecule has 1 aromatic heterocycles. The molecule has 0 bridgehead atoms. The first-order chi connectivity index (χ1) is 27.7. The molecule has 9 aromatic rings. The fourth-order valence-corrected chi connectivity index (χ4v) is 9.35. The average Bonchev–Trinajstić information content (AvgIpc) is 3.73. The maximum absolute atomic E-state index is 2.53. The second-order valence-corrected chi connectivity index (χ2v) is 14.8. The number of rotatable bonds is 9. The monoisotopic (exact) mass is 721 g/mol. The Morgan fingerprint density at radius 2 is 0.857 bits per heavy atom. The van der Waals surface area contributed by atoms with Crippen LogP contribution >= 0.6 is 0 Å². The van der Waals surface area contributed by atoms with Crippen molar-refractivity contribution in [3.63, 3.8) is 0 Å². The molecule has 10 rings (SSSR count). The fourth-order valence-electron chi connectivity index (χ4n) is 9.35. The van der Waals surface area contributed by atoms with Gasteiger partial charge in [0.15, 0.2) is 0 Å². The highest BCUT2D eigenvalue weighted by molar-refractivity contribution is 6.12. The number of fused-ring (bicyclic) bond motifs is 6. The van der Waals surface area contributed by atoms with E-state index in [0.717, 1.165) is 52.7 Å². The van der Waals surface area contributed by atoms with E-state index in [1.165, 1.54) is 44.1 Å². The van der Waals surface area contributed by atoms with E-state index < -0.39 is 0 Å². The Hall–Kier alpha value is -6.84. The van der Waals surface area contributed by atoms with Crippen molar-refractivity contribution < 1.29 is 0 Å². The number of anilines is 6. The minimum Gasteiger partial charge on any atom is -0.310 e. The first-order valence-corrected chi connectivity index (χ1v) is 19.8. The number of aromatic nitrogens is 1. The minimum absolute atomic E-state index is 0.0384. The van der Waals surface area contributed by atoms with Gasteiger partial charge in [-0.3, -0.25) is 0 Å². The number of para-hydroxylation sites is 4. The molecule has 0 saturated carbocycles.